The second kappa shape index (κ2) is 7.13. The van der Waals surface area contributed by atoms with Crippen LogP contribution in [0.1, 0.15) is 18.4 Å². The fourth-order valence-corrected chi connectivity index (χ4v) is 2.53. The minimum absolute atomic E-state index is 0.209. The van der Waals surface area contributed by atoms with Crippen LogP contribution in [0.2, 0.25) is 0 Å². The van der Waals surface area contributed by atoms with Gasteiger partial charge in [-0.1, -0.05) is 0 Å². The van der Waals surface area contributed by atoms with E-state index in [9.17, 15) is 5.11 Å². The molecule has 1 atom stereocenters. The van der Waals surface area contributed by atoms with E-state index in [0.29, 0.717) is 23.7 Å². The number of rotatable bonds is 6. The Kier molecular flexibility index (Phi) is 5.22. The third-order valence-electron chi connectivity index (χ3n) is 3.64. The van der Waals surface area contributed by atoms with Crippen LogP contribution in [0.25, 0.3) is 0 Å². The molecule has 0 aliphatic carbocycles. The van der Waals surface area contributed by atoms with Crippen molar-refractivity contribution >= 4 is 0 Å². The van der Waals surface area contributed by atoms with E-state index in [1.165, 1.54) is 0 Å². The fourth-order valence-electron chi connectivity index (χ4n) is 2.53. The molecule has 108 valence electrons. The van der Waals surface area contributed by atoms with Crippen LogP contribution in [0.3, 0.4) is 0 Å². The Morgan fingerprint density at radius 3 is 3.00 bits per heavy atom. The summed E-state index contributed by atoms with van der Waals surface area (Å²) in [4.78, 5) is 2.25. The Hall–Kier alpha value is -1.77. The highest BCUT2D eigenvalue weighted by molar-refractivity contribution is 5.46. The average Bonchev–Trinajstić information content (AvgIpc) is 2.95. The molecule has 20 heavy (non-hydrogen) atoms. The van der Waals surface area contributed by atoms with Gasteiger partial charge >= 0.3 is 0 Å². The fraction of sp³-hybridized carbons (Fsp3) is 0.533. The molecule has 1 saturated heterocycles. The zero-order chi connectivity index (χ0) is 14.4. The molecule has 5 heteroatoms. The van der Waals surface area contributed by atoms with Crippen LogP contribution in [0, 0.1) is 11.3 Å². The topological polar surface area (TPSA) is 65.7 Å². The monoisotopic (exact) mass is 276 g/mol. The molecule has 1 aromatic carbocycles. The molecule has 1 fully saturated rings. The van der Waals surface area contributed by atoms with E-state index >= 15 is 0 Å². The quantitative estimate of drug-likeness (QED) is 0.851. The standard InChI is InChI=1S/C15H20N2O3/c1-19-15-9-12(10-16)4-5-14(15)20-8-7-17-6-2-3-13(17)11-18/h4-5,9,13,18H,2-3,6-8,11H2,1H3/t13-/m1/s1. The summed E-state index contributed by atoms with van der Waals surface area (Å²) in [7, 11) is 1.56. The summed E-state index contributed by atoms with van der Waals surface area (Å²) in [6.07, 6.45) is 2.18. The lowest BCUT2D eigenvalue weighted by molar-refractivity contribution is 0.138. The lowest BCUT2D eigenvalue weighted by Gasteiger charge is -2.22. The van der Waals surface area contributed by atoms with Gasteiger partial charge in [0, 0.05) is 18.7 Å². The molecule has 1 heterocycles. The van der Waals surface area contributed by atoms with Crippen molar-refractivity contribution < 1.29 is 14.6 Å². The van der Waals surface area contributed by atoms with Crippen molar-refractivity contribution in [1.29, 1.82) is 5.26 Å². The third-order valence-corrected chi connectivity index (χ3v) is 3.64. The first-order valence-corrected chi connectivity index (χ1v) is 6.84. The van der Waals surface area contributed by atoms with E-state index in [-0.39, 0.29) is 12.6 Å². The molecule has 1 aromatic rings. The molecule has 0 amide bonds. The highest BCUT2D eigenvalue weighted by Gasteiger charge is 2.23. The molecule has 5 nitrogen and oxygen atoms in total. The van der Waals surface area contributed by atoms with Gasteiger partial charge in [0.15, 0.2) is 11.5 Å². The molecule has 0 aromatic heterocycles. The normalized spacial score (nSPS) is 18.8. The number of aliphatic hydroxyl groups is 1. The third kappa shape index (κ3) is 3.41. The molecule has 0 bridgehead atoms. The second-order valence-electron chi connectivity index (χ2n) is 4.84. The van der Waals surface area contributed by atoms with Crippen molar-refractivity contribution in [1.82, 2.24) is 4.90 Å². The maximum absolute atomic E-state index is 9.26. The number of hydrogen-bond acceptors (Lipinski definition) is 5. The van der Waals surface area contributed by atoms with Crippen molar-refractivity contribution in [3.05, 3.63) is 23.8 Å². The molecule has 1 aliphatic rings. The number of aliphatic hydroxyl groups excluding tert-OH is 1. The van der Waals surface area contributed by atoms with E-state index in [0.717, 1.165) is 25.9 Å². The molecule has 0 saturated carbocycles. The molecule has 1 aliphatic heterocycles. The molecule has 0 spiro atoms. The van der Waals surface area contributed by atoms with Gasteiger partial charge in [0.05, 0.1) is 25.3 Å². The van der Waals surface area contributed by atoms with Crippen molar-refractivity contribution in [3.8, 4) is 17.6 Å². The number of likely N-dealkylation sites (tertiary alicyclic amines) is 1. The molecule has 2 rings (SSSR count). The summed E-state index contributed by atoms with van der Waals surface area (Å²) in [5.74, 6) is 1.22. The van der Waals surface area contributed by atoms with E-state index < -0.39 is 0 Å². The summed E-state index contributed by atoms with van der Waals surface area (Å²) in [5.41, 5.74) is 0.550. The molecule has 0 radical (unpaired) electrons. The Morgan fingerprint density at radius 2 is 2.30 bits per heavy atom. The van der Waals surface area contributed by atoms with Crippen LogP contribution in [0.15, 0.2) is 18.2 Å². The van der Waals surface area contributed by atoms with Gasteiger partial charge < -0.3 is 14.6 Å². The highest BCUT2D eigenvalue weighted by Crippen LogP contribution is 2.28. The van der Waals surface area contributed by atoms with Gasteiger partial charge in [0.25, 0.3) is 0 Å². The van der Waals surface area contributed by atoms with Gasteiger partial charge in [0.2, 0.25) is 0 Å². The Balaban J connectivity index is 1.89. The zero-order valence-corrected chi connectivity index (χ0v) is 11.7. The predicted molar refractivity (Wildman–Crippen MR) is 74.9 cm³/mol. The summed E-state index contributed by atoms with van der Waals surface area (Å²) in [6.45, 7) is 2.55. The number of nitriles is 1. The van der Waals surface area contributed by atoms with Crippen LogP contribution in [0.4, 0.5) is 0 Å². The van der Waals surface area contributed by atoms with Crippen molar-refractivity contribution in [2.45, 2.75) is 18.9 Å². The maximum Gasteiger partial charge on any atom is 0.162 e. The first-order chi connectivity index (χ1) is 9.78. The van der Waals surface area contributed by atoms with Gasteiger partial charge in [-0.25, -0.2) is 0 Å². The summed E-state index contributed by atoms with van der Waals surface area (Å²) in [5, 5.41) is 18.1. The number of hydrogen-bond donors (Lipinski definition) is 1. The number of ether oxygens (including phenoxy) is 2. The molecular weight excluding hydrogens is 256 g/mol. The SMILES string of the molecule is COc1cc(C#N)ccc1OCCN1CCC[C@@H]1CO. The van der Waals surface area contributed by atoms with Gasteiger partial charge in [-0.3, -0.25) is 4.90 Å². The lowest BCUT2D eigenvalue weighted by Crippen LogP contribution is -2.35. The summed E-state index contributed by atoms with van der Waals surface area (Å²) >= 11 is 0. The van der Waals surface area contributed by atoms with Crippen molar-refractivity contribution in [2.24, 2.45) is 0 Å². The van der Waals surface area contributed by atoms with Crippen LogP contribution in [-0.2, 0) is 0 Å². The van der Waals surface area contributed by atoms with Crippen molar-refractivity contribution in [3.63, 3.8) is 0 Å². The number of nitrogens with zero attached hydrogens (tertiary/aromatic N) is 2. The first kappa shape index (κ1) is 14.6. The van der Waals surface area contributed by atoms with Crippen molar-refractivity contribution in [2.75, 3.05) is 33.4 Å². The van der Waals surface area contributed by atoms with Crippen LogP contribution in [-0.4, -0.2) is 49.5 Å². The van der Waals surface area contributed by atoms with Crippen LogP contribution < -0.4 is 9.47 Å². The van der Waals surface area contributed by atoms with Crippen LogP contribution >= 0.6 is 0 Å². The van der Waals surface area contributed by atoms with Gasteiger partial charge in [-0.2, -0.15) is 5.26 Å². The second-order valence-corrected chi connectivity index (χ2v) is 4.84. The minimum atomic E-state index is 0.209. The van der Waals surface area contributed by atoms with E-state index in [4.69, 9.17) is 14.7 Å². The largest absolute Gasteiger partial charge is 0.493 e. The van der Waals surface area contributed by atoms with Gasteiger partial charge in [-0.15, -0.1) is 0 Å². The van der Waals surface area contributed by atoms with Crippen LogP contribution in [0.5, 0.6) is 11.5 Å². The van der Waals surface area contributed by atoms with E-state index in [2.05, 4.69) is 11.0 Å². The van der Waals surface area contributed by atoms with E-state index in [1.807, 2.05) is 0 Å². The smallest absolute Gasteiger partial charge is 0.162 e. The Labute approximate surface area is 119 Å². The first-order valence-electron chi connectivity index (χ1n) is 6.84. The van der Waals surface area contributed by atoms with E-state index in [1.54, 1.807) is 25.3 Å². The number of methoxy groups -OCH3 is 1. The minimum Gasteiger partial charge on any atom is -0.493 e. The highest BCUT2D eigenvalue weighted by atomic mass is 16.5. The maximum atomic E-state index is 9.26. The average molecular weight is 276 g/mol. The zero-order valence-electron chi connectivity index (χ0n) is 11.7. The Bertz CT molecular complexity index is 484. The molecule has 0 unspecified atom stereocenters. The summed E-state index contributed by atoms with van der Waals surface area (Å²) in [6, 6.07) is 7.47. The van der Waals surface area contributed by atoms with Gasteiger partial charge in [0.1, 0.15) is 6.61 Å². The summed E-state index contributed by atoms with van der Waals surface area (Å²) < 4.78 is 10.9. The molecular formula is C15H20N2O3. The van der Waals surface area contributed by atoms with Gasteiger partial charge in [-0.05, 0) is 31.5 Å². The Morgan fingerprint density at radius 1 is 1.45 bits per heavy atom. The predicted octanol–water partition coefficient (Wildman–Crippen LogP) is 1.40. The lowest BCUT2D eigenvalue weighted by atomic mass is 10.2. The number of benzene rings is 1. The molecule has 1 N–H and O–H groups in total.